The molecule has 2 heterocycles. The molecule has 18 heavy (non-hydrogen) atoms. The van der Waals surface area contributed by atoms with Crippen molar-refractivity contribution in [2.75, 3.05) is 11.9 Å². The van der Waals surface area contributed by atoms with Crippen molar-refractivity contribution >= 4 is 40.2 Å². The Balaban J connectivity index is 1.93. The third kappa shape index (κ3) is 2.18. The standard InChI is InChI=1S/C13H11Cl2NOS/c1-7-2-3-12(18-7)11-6-16-10-5-8(14)4-9(15)13(10)17-11/h2-5,11,16H,6H2,1H3. The molecule has 2 aromatic rings. The van der Waals surface area contributed by atoms with E-state index in [1.807, 2.05) is 6.07 Å². The van der Waals surface area contributed by atoms with Crippen molar-refractivity contribution in [1.82, 2.24) is 0 Å². The third-order valence-electron chi connectivity index (χ3n) is 2.82. The maximum atomic E-state index is 6.16. The van der Waals surface area contributed by atoms with Crippen LogP contribution < -0.4 is 10.1 Å². The summed E-state index contributed by atoms with van der Waals surface area (Å²) in [5.74, 6) is 0.684. The molecule has 0 spiro atoms. The summed E-state index contributed by atoms with van der Waals surface area (Å²) in [6, 6.07) is 7.73. The largest absolute Gasteiger partial charge is 0.479 e. The van der Waals surface area contributed by atoms with Gasteiger partial charge in [-0.3, -0.25) is 0 Å². The Hall–Kier alpha value is -0.900. The lowest BCUT2D eigenvalue weighted by molar-refractivity contribution is 0.214. The molecule has 0 bridgehead atoms. The van der Waals surface area contributed by atoms with Gasteiger partial charge in [0.2, 0.25) is 0 Å². The molecule has 1 atom stereocenters. The van der Waals surface area contributed by atoms with Crippen LogP contribution in [0.15, 0.2) is 24.3 Å². The molecule has 1 unspecified atom stereocenters. The topological polar surface area (TPSA) is 21.3 Å². The number of thiophene rings is 1. The van der Waals surface area contributed by atoms with Gasteiger partial charge in [0.25, 0.3) is 0 Å². The summed E-state index contributed by atoms with van der Waals surface area (Å²) in [7, 11) is 0. The number of anilines is 1. The zero-order valence-electron chi connectivity index (χ0n) is 9.67. The average molecular weight is 300 g/mol. The maximum Gasteiger partial charge on any atom is 0.162 e. The summed E-state index contributed by atoms with van der Waals surface area (Å²) in [6.07, 6.45) is 0.00914. The number of ether oxygens (including phenoxy) is 1. The van der Waals surface area contributed by atoms with Crippen LogP contribution in [-0.2, 0) is 0 Å². The molecule has 0 saturated carbocycles. The van der Waals surface area contributed by atoms with Crippen molar-refractivity contribution in [2.45, 2.75) is 13.0 Å². The van der Waals surface area contributed by atoms with Gasteiger partial charge in [0.05, 0.1) is 17.3 Å². The van der Waals surface area contributed by atoms with E-state index in [2.05, 4.69) is 24.4 Å². The fourth-order valence-electron chi connectivity index (χ4n) is 1.98. The molecule has 3 rings (SSSR count). The minimum Gasteiger partial charge on any atom is -0.479 e. The lowest BCUT2D eigenvalue weighted by Gasteiger charge is -2.27. The summed E-state index contributed by atoms with van der Waals surface area (Å²) in [4.78, 5) is 2.48. The summed E-state index contributed by atoms with van der Waals surface area (Å²) >= 11 is 13.9. The van der Waals surface area contributed by atoms with Crippen LogP contribution in [0.2, 0.25) is 10.0 Å². The molecule has 0 fully saturated rings. The number of halogens is 2. The second kappa shape index (κ2) is 4.65. The molecular weight excluding hydrogens is 289 g/mol. The number of hydrogen-bond acceptors (Lipinski definition) is 3. The highest BCUT2D eigenvalue weighted by atomic mass is 35.5. The van der Waals surface area contributed by atoms with Gasteiger partial charge in [0.1, 0.15) is 0 Å². The number of nitrogens with one attached hydrogen (secondary N) is 1. The molecule has 0 amide bonds. The smallest absolute Gasteiger partial charge is 0.162 e. The van der Waals surface area contributed by atoms with Crippen molar-refractivity contribution in [2.24, 2.45) is 0 Å². The SMILES string of the molecule is Cc1ccc(C2CNc3cc(Cl)cc(Cl)c3O2)s1. The van der Waals surface area contributed by atoms with E-state index in [0.29, 0.717) is 15.8 Å². The molecule has 1 aromatic carbocycles. The minimum atomic E-state index is 0.00914. The molecule has 1 aromatic heterocycles. The normalized spacial score (nSPS) is 17.8. The van der Waals surface area contributed by atoms with E-state index in [4.69, 9.17) is 27.9 Å². The fourth-order valence-corrected chi connectivity index (χ4v) is 3.43. The zero-order valence-corrected chi connectivity index (χ0v) is 12.0. The van der Waals surface area contributed by atoms with Crippen LogP contribution in [0.25, 0.3) is 0 Å². The molecule has 0 aliphatic carbocycles. The molecule has 5 heteroatoms. The van der Waals surface area contributed by atoms with E-state index in [1.54, 1.807) is 17.4 Å². The predicted octanol–water partition coefficient (Wildman–Crippen LogP) is 4.91. The van der Waals surface area contributed by atoms with Gasteiger partial charge in [0, 0.05) is 14.8 Å². The Bertz CT molecular complexity index is 597. The minimum absolute atomic E-state index is 0.00914. The van der Waals surface area contributed by atoms with Gasteiger partial charge in [-0.15, -0.1) is 11.3 Å². The van der Waals surface area contributed by atoms with Gasteiger partial charge >= 0.3 is 0 Å². The Labute approximate surface area is 119 Å². The highest BCUT2D eigenvalue weighted by Crippen LogP contribution is 2.42. The van der Waals surface area contributed by atoms with Crippen LogP contribution in [-0.4, -0.2) is 6.54 Å². The summed E-state index contributed by atoms with van der Waals surface area (Å²) in [5.41, 5.74) is 0.858. The molecule has 2 nitrogen and oxygen atoms in total. The number of rotatable bonds is 1. The summed E-state index contributed by atoms with van der Waals surface area (Å²) in [6.45, 7) is 2.81. The highest BCUT2D eigenvalue weighted by Gasteiger charge is 2.24. The van der Waals surface area contributed by atoms with Crippen molar-refractivity contribution in [1.29, 1.82) is 0 Å². The van der Waals surface area contributed by atoms with Gasteiger partial charge in [0.15, 0.2) is 11.9 Å². The molecule has 1 aliphatic rings. The van der Waals surface area contributed by atoms with Gasteiger partial charge in [-0.05, 0) is 31.2 Å². The van der Waals surface area contributed by atoms with E-state index in [9.17, 15) is 0 Å². The number of hydrogen-bond donors (Lipinski definition) is 1. The molecule has 0 saturated heterocycles. The molecule has 0 radical (unpaired) electrons. The first-order valence-corrected chi connectivity index (χ1v) is 7.16. The second-order valence-electron chi connectivity index (χ2n) is 4.20. The highest BCUT2D eigenvalue weighted by molar-refractivity contribution is 7.12. The van der Waals surface area contributed by atoms with Crippen LogP contribution in [0.3, 0.4) is 0 Å². The molecular formula is C13H11Cl2NOS. The van der Waals surface area contributed by atoms with Gasteiger partial charge in [-0.2, -0.15) is 0 Å². The van der Waals surface area contributed by atoms with Crippen LogP contribution in [0.5, 0.6) is 5.75 Å². The Morgan fingerprint density at radius 2 is 2.17 bits per heavy atom. The van der Waals surface area contributed by atoms with Crippen LogP contribution >= 0.6 is 34.5 Å². The van der Waals surface area contributed by atoms with E-state index >= 15 is 0 Å². The molecule has 94 valence electrons. The number of aryl methyl sites for hydroxylation is 1. The van der Waals surface area contributed by atoms with Crippen molar-refractivity contribution in [3.05, 3.63) is 44.1 Å². The second-order valence-corrected chi connectivity index (χ2v) is 6.36. The Kier molecular flexibility index (Phi) is 3.14. The fraction of sp³-hybridized carbons (Fsp3) is 0.231. The Morgan fingerprint density at radius 1 is 1.33 bits per heavy atom. The maximum absolute atomic E-state index is 6.16. The summed E-state index contributed by atoms with van der Waals surface area (Å²) in [5, 5.41) is 4.47. The van der Waals surface area contributed by atoms with Gasteiger partial charge < -0.3 is 10.1 Å². The first-order chi connectivity index (χ1) is 8.63. The predicted molar refractivity (Wildman–Crippen MR) is 77.4 cm³/mol. The van der Waals surface area contributed by atoms with Crippen molar-refractivity contribution in [3.63, 3.8) is 0 Å². The first-order valence-electron chi connectivity index (χ1n) is 5.59. The quantitative estimate of drug-likeness (QED) is 0.808. The first kappa shape index (κ1) is 12.2. The van der Waals surface area contributed by atoms with E-state index in [0.717, 1.165) is 12.2 Å². The van der Waals surface area contributed by atoms with Gasteiger partial charge in [-0.1, -0.05) is 23.2 Å². The van der Waals surface area contributed by atoms with Crippen molar-refractivity contribution < 1.29 is 4.74 Å². The van der Waals surface area contributed by atoms with E-state index in [1.165, 1.54) is 9.75 Å². The van der Waals surface area contributed by atoms with Crippen molar-refractivity contribution in [3.8, 4) is 5.75 Å². The van der Waals surface area contributed by atoms with Crippen LogP contribution in [0.4, 0.5) is 5.69 Å². The van der Waals surface area contributed by atoms with E-state index < -0.39 is 0 Å². The van der Waals surface area contributed by atoms with Gasteiger partial charge in [-0.25, -0.2) is 0 Å². The average Bonchev–Trinajstić information content (AvgIpc) is 2.75. The lowest BCUT2D eigenvalue weighted by Crippen LogP contribution is -2.23. The monoisotopic (exact) mass is 299 g/mol. The van der Waals surface area contributed by atoms with Crippen LogP contribution in [0.1, 0.15) is 15.9 Å². The van der Waals surface area contributed by atoms with Crippen LogP contribution in [0, 0.1) is 6.92 Å². The lowest BCUT2D eigenvalue weighted by atomic mass is 10.2. The Morgan fingerprint density at radius 3 is 2.89 bits per heavy atom. The number of benzene rings is 1. The third-order valence-corrected chi connectivity index (χ3v) is 4.42. The zero-order chi connectivity index (χ0) is 12.7. The van der Waals surface area contributed by atoms with E-state index in [-0.39, 0.29) is 6.10 Å². The number of fused-ring (bicyclic) bond motifs is 1. The molecule has 1 N–H and O–H groups in total. The summed E-state index contributed by atoms with van der Waals surface area (Å²) < 4.78 is 5.97. The molecule has 1 aliphatic heterocycles.